The molecule has 1 unspecified atom stereocenters. The van der Waals surface area contributed by atoms with E-state index in [2.05, 4.69) is 0 Å². The molecule has 4 nitrogen and oxygen atoms in total. The highest BCUT2D eigenvalue weighted by Gasteiger charge is 2.10. The fraction of sp³-hybridized carbons (Fsp3) is 0.188. The molecule has 110 valence electrons. The lowest BCUT2D eigenvalue weighted by Gasteiger charge is -2.12. The van der Waals surface area contributed by atoms with Gasteiger partial charge in [0.15, 0.2) is 0 Å². The Balaban J connectivity index is 2.03. The van der Waals surface area contributed by atoms with Crippen LogP contribution in [0, 0.1) is 0 Å². The van der Waals surface area contributed by atoms with Crippen LogP contribution in [-0.2, 0) is 6.42 Å². The zero-order chi connectivity index (χ0) is 15.4. The molecule has 2 aromatic rings. The van der Waals surface area contributed by atoms with Crippen LogP contribution in [0.2, 0.25) is 5.02 Å². The third kappa shape index (κ3) is 3.97. The molecule has 0 aromatic heterocycles. The second-order valence-corrected chi connectivity index (χ2v) is 5.24. The summed E-state index contributed by atoms with van der Waals surface area (Å²) in [6.45, 7) is 0. The van der Waals surface area contributed by atoms with E-state index in [0.29, 0.717) is 23.4 Å². The zero-order valence-corrected chi connectivity index (χ0v) is 12.0. The van der Waals surface area contributed by atoms with Gasteiger partial charge in [0.2, 0.25) is 5.91 Å². The van der Waals surface area contributed by atoms with Gasteiger partial charge < -0.3 is 15.9 Å². The number of hydrogen-bond acceptors (Lipinski definition) is 3. The second-order valence-electron chi connectivity index (χ2n) is 4.83. The van der Waals surface area contributed by atoms with Crippen LogP contribution in [0.5, 0.6) is 5.75 Å². The monoisotopic (exact) mass is 305 g/mol. The number of aryl methyl sites for hydroxylation is 1. The molecule has 0 saturated heterocycles. The molecule has 21 heavy (non-hydrogen) atoms. The molecule has 0 fully saturated rings. The van der Waals surface area contributed by atoms with Gasteiger partial charge in [-0.05, 0) is 48.2 Å². The maximum Gasteiger partial charge on any atom is 0.250 e. The van der Waals surface area contributed by atoms with Crippen LogP contribution < -0.4 is 5.73 Å². The van der Waals surface area contributed by atoms with Gasteiger partial charge in [-0.15, -0.1) is 0 Å². The average Bonchev–Trinajstić information content (AvgIpc) is 2.44. The minimum absolute atomic E-state index is 0.125. The summed E-state index contributed by atoms with van der Waals surface area (Å²) >= 11 is 5.98. The number of nitrogens with two attached hydrogens (primary N) is 1. The fourth-order valence-electron chi connectivity index (χ4n) is 2.12. The van der Waals surface area contributed by atoms with Crippen molar-refractivity contribution in [2.45, 2.75) is 18.9 Å². The lowest BCUT2D eigenvalue weighted by molar-refractivity contribution is 0.100. The number of rotatable bonds is 5. The number of phenolic OH excluding ortho intramolecular Hbond substituents is 1. The van der Waals surface area contributed by atoms with E-state index in [9.17, 15) is 15.0 Å². The normalized spacial score (nSPS) is 12.1. The summed E-state index contributed by atoms with van der Waals surface area (Å²) in [7, 11) is 0. The van der Waals surface area contributed by atoms with Gasteiger partial charge in [0.25, 0.3) is 0 Å². The van der Waals surface area contributed by atoms with Crippen LogP contribution in [0.25, 0.3) is 0 Å². The number of phenols is 1. The highest BCUT2D eigenvalue weighted by atomic mass is 35.5. The Morgan fingerprint density at radius 1 is 1.24 bits per heavy atom. The van der Waals surface area contributed by atoms with E-state index in [-0.39, 0.29) is 11.3 Å². The number of primary amides is 1. The van der Waals surface area contributed by atoms with Crippen molar-refractivity contribution in [3.63, 3.8) is 0 Å². The van der Waals surface area contributed by atoms with Gasteiger partial charge in [-0.2, -0.15) is 0 Å². The Bertz CT molecular complexity index is 658. The third-order valence-corrected chi connectivity index (χ3v) is 3.57. The van der Waals surface area contributed by atoms with Gasteiger partial charge in [-0.3, -0.25) is 4.79 Å². The molecule has 0 heterocycles. The quantitative estimate of drug-likeness (QED) is 0.794. The van der Waals surface area contributed by atoms with E-state index in [0.717, 1.165) is 5.56 Å². The number of aliphatic hydroxyl groups excluding tert-OH is 1. The highest BCUT2D eigenvalue weighted by Crippen LogP contribution is 2.24. The molecule has 0 spiro atoms. The number of aromatic hydroxyl groups is 1. The van der Waals surface area contributed by atoms with E-state index in [1.807, 2.05) is 0 Å². The second kappa shape index (κ2) is 6.61. The number of hydrogen-bond donors (Lipinski definition) is 3. The average molecular weight is 306 g/mol. The summed E-state index contributed by atoms with van der Waals surface area (Å²) in [5, 5.41) is 19.8. The highest BCUT2D eigenvalue weighted by molar-refractivity contribution is 6.33. The van der Waals surface area contributed by atoms with Gasteiger partial charge in [-0.25, -0.2) is 0 Å². The fourth-order valence-corrected chi connectivity index (χ4v) is 2.41. The molecule has 2 aromatic carbocycles. The van der Waals surface area contributed by atoms with Crippen molar-refractivity contribution in [1.82, 2.24) is 0 Å². The largest absolute Gasteiger partial charge is 0.508 e. The zero-order valence-electron chi connectivity index (χ0n) is 11.3. The van der Waals surface area contributed by atoms with Crippen molar-refractivity contribution in [1.29, 1.82) is 0 Å². The van der Waals surface area contributed by atoms with Crippen molar-refractivity contribution in [2.24, 2.45) is 5.73 Å². The van der Waals surface area contributed by atoms with Gasteiger partial charge in [-0.1, -0.05) is 29.8 Å². The van der Waals surface area contributed by atoms with Crippen LogP contribution >= 0.6 is 11.6 Å². The number of halogens is 1. The lowest BCUT2D eigenvalue weighted by Crippen LogP contribution is -2.11. The molecular weight excluding hydrogens is 290 g/mol. The Kier molecular flexibility index (Phi) is 4.83. The summed E-state index contributed by atoms with van der Waals surface area (Å²) < 4.78 is 0. The molecular formula is C16H16ClNO3. The number of amides is 1. The molecule has 2 rings (SSSR count). The lowest BCUT2D eigenvalue weighted by atomic mass is 10.0. The number of carbonyl (C=O) groups excluding carboxylic acids is 1. The Hall–Kier alpha value is -2.04. The number of aliphatic hydroxyl groups is 1. The first-order valence-corrected chi connectivity index (χ1v) is 6.90. The maximum atomic E-state index is 11.1. The van der Waals surface area contributed by atoms with Crippen LogP contribution in [0.3, 0.4) is 0 Å². The predicted octanol–water partition coefficient (Wildman–Crippen LogP) is 2.81. The summed E-state index contributed by atoms with van der Waals surface area (Å²) in [6, 6.07) is 11.6. The molecule has 5 heteroatoms. The van der Waals surface area contributed by atoms with Crippen molar-refractivity contribution in [3.8, 4) is 5.75 Å². The Morgan fingerprint density at radius 3 is 2.62 bits per heavy atom. The molecule has 0 saturated carbocycles. The summed E-state index contributed by atoms with van der Waals surface area (Å²) in [6.07, 6.45) is 0.400. The van der Waals surface area contributed by atoms with E-state index in [1.165, 1.54) is 6.07 Å². The van der Waals surface area contributed by atoms with Gasteiger partial charge >= 0.3 is 0 Å². The van der Waals surface area contributed by atoms with E-state index < -0.39 is 12.0 Å². The van der Waals surface area contributed by atoms with Gasteiger partial charge in [0.05, 0.1) is 16.7 Å². The first kappa shape index (κ1) is 15.4. The molecule has 0 aliphatic carbocycles. The molecule has 1 atom stereocenters. The molecule has 0 bridgehead atoms. The summed E-state index contributed by atoms with van der Waals surface area (Å²) in [5.74, 6) is -0.438. The SMILES string of the molecule is NC(=O)c1ccc(CCC(O)c2cccc(O)c2)cc1Cl. The van der Waals surface area contributed by atoms with Gasteiger partial charge in [0.1, 0.15) is 5.75 Å². The molecule has 4 N–H and O–H groups in total. The third-order valence-electron chi connectivity index (χ3n) is 3.26. The van der Waals surface area contributed by atoms with Crippen molar-refractivity contribution in [3.05, 3.63) is 64.2 Å². The molecule has 0 aliphatic heterocycles. The van der Waals surface area contributed by atoms with Crippen molar-refractivity contribution < 1.29 is 15.0 Å². The van der Waals surface area contributed by atoms with Crippen LogP contribution in [0.15, 0.2) is 42.5 Å². The van der Waals surface area contributed by atoms with Crippen LogP contribution in [-0.4, -0.2) is 16.1 Å². The Labute approximate surface area is 127 Å². The predicted molar refractivity (Wildman–Crippen MR) is 81.4 cm³/mol. The maximum absolute atomic E-state index is 11.1. The summed E-state index contributed by atoms with van der Waals surface area (Å²) in [4.78, 5) is 11.1. The minimum atomic E-state index is -0.674. The van der Waals surface area contributed by atoms with Crippen molar-refractivity contribution in [2.75, 3.05) is 0 Å². The number of benzene rings is 2. The number of carbonyl (C=O) groups is 1. The van der Waals surface area contributed by atoms with Crippen LogP contribution in [0.1, 0.15) is 34.0 Å². The van der Waals surface area contributed by atoms with E-state index in [4.69, 9.17) is 17.3 Å². The smallest absolute Gasteiger partial charge is 0.250 e. The van der Waals surface area contributed by atoms with E-state index >= 15 is 0 Å². The van der Waals surface area contributed by atoms with E-state index in [1.54, 1.807) is 36.4 Å². The standard InChI is InChI=1S/C16H16ClNO3/c17-14-8-10(4-6-13(14)16(18)21)5-7-15(20)11-2-1-3-12(19)9-11/h1-4,6,8-9,15,19-20H,5,7H2,(H2,18,21). The minimum Gasteiger partial charge on any atom is -0.508 e. The topological polar surface area (TPSA) is 83.6 Å². The first-order chi connectivity index (χ1) is 9.97. The molecule has 0 aliphatic rings. The Morgan fingerprint density at radius 2 is 2.00 bits per heavy atom. The molecule has 0 radical (unpaired) electrons. The summed E-state index contributed by atoms with van der Waals surface area (Å²) in [5.41, 5.74) is 7.04. The van der Waals surface area contributed by atoms with Crippen molar-refractivity contribution >= 4 is 17.5 Å². The first-order valence-electron chi connectivity index (χ1n) is 6.52. The molecule has 1 amide bonds. The van der Waals surface area contributed by atoms with Crippen LogP contribution in [0.4, 0.5) is 0 Å². The van der Waals surface area contributed by atoms with Gasteiger partial charge in [0, 0.05) is 0 Å².